The van der Waals surface area contributed by atoms with E-state index in [0.717, 1.165) is 12.3 Å². The monoisotopic (exact) mass is 183 g/mol. The summed E-state index contributed by atoms with van der Waals surface area (Å²) in [4.78, 5) is 24.4. The molecule has 0 fully saturated rings. The summed E-state index contributed by atoms with van der Waals surface area (Å²) in [6, 6.07) is 2.21. The number of hydrogen-bond acceptors (Lipinski definition) is 3. The van der Waals surface area contributed by atoms with Crippen molar-refractivity contribution in [3.63, 3.8) is 0 Å². The SMILES string of the molecule is O=C(O)CC(=O)c1ccc(F)nc1. The van der Waals surface area contributed by atoms with E-state index < -0.39 is 24.1 Å². The Bertz CT molecular complexity index is 334. The Morgan fingerprint density at radius 2 is 2.15 bits per heavy atom. The number of halogens is 1. The third-order valence-corrected chi connectivity index (χ3v) is 1.36. The normalized spacial score (nSPS) is 9.62. The van der Waals surface area contributed by atoms with Crippen molar-refractivity contribution in [2.24, 2.45) is 0 Å². The van der Waals surface area contributed by atoms with Gasteiger partial charge in [-0.1, -0.05) is 0 Å². The Labute approximate surface area is 73.0 Å². The molecule has 0 unspecified atom stereocenters. The van der Waals surface area contributed by atoms with Crippen LogP contribution in [0.25, 0.3) is 0 Å². The Kier molecular flexibility index (Phi) is 2.69. The van der Waals surface area contributed by atoms with Gasteiger partial charge in [0.15, 0.2) is 5.78 Å². The van der Waals surface area contributed by atoms with Gasteiger partial charge in [-0.05, 0) is 12.1 Å². The fourth-order valence-electron chi connectivity index (χ4n) is 0.780. The van der Waals surface area contributed by atoms with Crippen molar-refractivity contribution in [1.29, 1.82) is 0 Å². The lowest BCUT2D eigenvalue weighted by Gasteiger charge is -1.95. The van der Waals surface area contributed by atoms with Gasteiger partial charge < -0.3 is 5.11 Å². The number of pyridine rings is 1. The number of Topliss-reactive ketones (excluding diaryl/α,β-unsaturated/α-hetero) is 1. The van der Waals surface area contributed by atoms with Crippen molar-refractivity contribution in [1.82, 2.24) is 4.98 Å². The lowest BCUT2D eigenvalue weighted by Crippen LogP contribution is -2.07. The van der Waals surface area contributed by atoms with Crippen LogP contribution in [0.4, 0.5) is 4.39 Å². The standard InChI is InChI=1S/C8H6FNO3/c9-7-2-1-5(4-10-7)6(11)3-8(12)13/h1-2,4H,3H2,(H,12,13). The molecule has 4 nitrogen and oxygen atoms in total. The number of ketones is 1. The number of aromatic nitrogens is 1. The third-order valence-electron chi connectivity index (χ3n) is 1.36. The molecule has 1 N–H and O–H groups in total. The highest BCUT2D eigenvalue weighted by atomic mass is 19.1. The number of aliphatic carboxylic acids is 1. The van der Waals surface area contributed by atoms with E-state index in [1.54, 1.807) is 0 Å². The number of carbonyl (C=O) groups is 2. The van der Waals surface area contributed by atoms with Crippen LogP contribution < -0.4 is 0 Å². The molecule has 68 valence electrons. The van der Waals surface area contributed by atoms with Gasteiger partial charge in [0, 0.05) is 11.8 Å². The summed E-state index contributed by atoms with van der Waals surface area (Å²) >= 11 is 0. The highest BCUT2D eigenvalue weighted by Gasteiger charge is 2.10. The molecule has 1 rings (SSSR count). The summed E-state index contributed by atoms with van der Waals surface area (Å²) in [6.45, 7) is 0. The summed E-state index contributed by atoms with van der Waals surface area (Å²) in [5.74, 6) is -2.50. The van der Waals surface area contributed by atoms with Crippen LogP contribution in [0.2, 0.25) is 0 Å². The quantitative estimate of drug-likeness (QED) is 0.429. The van der Waals surface area contributed by atoms with Crippen molar-refractivity contribution in [2.75, 3.05) is 0 Å². The molecular weight excluding hydrogens is 177 g/mol. The number of carbonyl (C=O) groups excluding carboxylic acids is 1. The number of nitrogens with zero attached hydrogens (tertiary/aromatic N) is 1. The van der Waals surface area contributed by atoms with E-state index in [-0.39, 0.29) is 5.56 Å². The average Bonchev–Trinajstić information content (AvgIpc) is 2.04. The highest BCUT2D eigenvalue weighted by molar-refractivity contribution is 6.05. The minimum Gasteiger partial charge on any atom is -0.481 e. The van der Waals surface area contributed by atoms with Gasteiger partial charge in [-0.25, -0.2) is 4.98 Å². The van der Waals surface area contributed by atoms with Crippen molar-refractivity contribution in [3.05, 3.63) is 29.8 Å². The van der Waals surface area contributed by atoms with E-state index in [4.69, 9.17) is 5.11 Å². The number of hydrogen-bond donors (Lipinski definition) is 1. The maximum atomic E-state index is 12.3. The molecule has 0 atom stereocenters. The maximum absolute atomic E-state index is 12.3. The molecule has 0 spiro atoms. The summed E-state index contributed by atoms with van der Waals surface area (Å²) < 4.78 is 12.3. The molecule has 0 aliphatic carbocycles. The third kappa shape index (κ3) is 2.62. The van der Waals surface area contributed by atoms with Crippen LogP contribution in [0.3, 0.4) is 0 Å². The number of rotatable bonds is 3. The molecule has 0 amide bonds. The Morgan fingerprint density at radius 1 is 1.46 bits per heavy atom. The van der Waals surface area contributed by atoms with Crippen LogP contribution in [0.15, 0.2) is 18.3 Å². The predicted octanol–water partition coefficient (Wildman–Crippen LogP) is 0.878. The number of carboxylic acids is 1. The molecule has 0 radical (unpaired) electrons. The van der Waals surface area contributed by atoms with E-state index in [1.807, 2.05) is 0 Å². The lowest BCUT2D eigenvalue weighted by atomic mass is 10.1. The Balaban J connectivity index is 2.78. The fraction of sp³-hybridized carbons (Fsp3) is 0.125. The van der Waals surface area contributed by atoms with E-state index in [0.29, 0.717) is 0 Å². The first kappa shape index (κ1) is 9.31. The molecule has 13 heavy (non-hydrogen) atoms. The van der Waals surface area contributed by atoms with E-state index >= 15 is 0 Å². The molecule has 1 heterocycles. The van der Waals surface area contributed by atoms with Crippen molar-refractivity contribution in [3.8, 4) is 0 Å². The summed E-state index contributed by atoms with van der Waals surface area (Å²) in [5.41, 5.74) is 0.101. The highest BCUT2D eigenvalue weighted by Crippen LogP contribution is 2.02. The van der Waals surface area contributed by atoms with Crippen LogP contribution in [-0.4, -0.2) is 21.8 Å². The second-order valence-corrected chi connectivity index (χ2v) is 2.36. The zero-order valence-corrected chi connectivity index (χ0v) is 6.53. The summed E-state index contributed by atoms with van der Waals surface area (Å²) in [7, 11) is 0. The molecule has 0 aromatic carbocycles. The van der Waals surface area contributed by atoms with E-state index in [9.17, 15) is 14.0 Å². The van der Waals surface area contributed by atoms with Crippen LogP contribution in [0, 0.1) is 5.95 Å². The molecule has 0 saturated heterocycles. The van der Waals surface area contributed by atoms with Gasteiger partial charge >= 0.3 is 5.97 Å². The van der Waals surface area contributed by atoms with Crippen LogP contribution in [-0.2, 0) is 4.79 Å². The minimum absolute atomic E-state index is 0.101. The van der Waals surface area contributed by atoms with Gasteiger partial charge in [-0.3, -0.25) is 9.59 Å². The van der Waals surface area contributed by atoms with E-state index in [2.05, 4.69) is 4.98 Å². The van der Waals surface area contributed by atoms with Crippen molar-refractivity contribution >= 4 is 11.8 Å². The number of carboxylic acid groups (broad SMARTS) is 1. The molecule has 0 saturated carbocycles. The second kappa shape index (κ2) is 3.75. The molecule has 0 aliphatic rings. The van der Waals surface area contributed by atoms with E-state index in [1.165, 1.54) is 6.07 Å². The predicted molar refractivity (Wildman–Crippen MR) is 40.8 cm³/mol. The zero-order chi connectivity index (χ0) is 9.84. The first-order chi connectivity index (χ1) is 6.09. The first-order valence-corrected chi connectivity index (χ1v) is 3.46. The van der Waals surface area contributed by atoms with Crippen LogP contribution in [0.5, 0.6) is 0 Å². The molecule has 1 aromatic rings. The molecule has 5 heteroatoms. The maximum Gasteiger partial charge on any atom is 0.311 e. The minimum atomic E-state index is -1.21. The largest absolute Gasteiger partial charge is 0.481 e. The molecular formula is C8H6FNO3. The summed E-state index contributed by atoms with van der Waals surface area (Å²) in [5, 5.41) is 8.28. The van der Waals surface area contributed by atoms with Crippen molar-refractivity contribution in [2.45, 2.75) is 6.42 Å². The van der Waals surface area contributed by atoms with Gasteiger partial charge in [0.2, 0.25) is 5.95 Å². The molecule has 0 aliphatic heterocycles. The van der Waals surface area contributed by atoms with Gasteiger partial charge in [0.05, 0.1) is 0 Å². The van der Waals surface area contributed by atoms with Gasteiger partial charge in [0.25, 0.3) is 0 Å². The summed E-state index contributed by atoms with van der Waals surface area (Å²) in [6.07, 6.45) is 0.411. The zero-order valence-electron chi connectivity index (χ0n) is 6.53. The molecule has 1 aromatic heterocycles. The smallest absolute Gasteiger partial charge is 0.311 e. The average molecular weight is 183 g/mol. The topological polar surface area (TPSA) is 67.3 Å². The van der Waals surface area contributed by atoms with Crippen LogP contribution >= 0.6 is 0 Å². The first-order valence-electron chi connectivity index (χ1n) is 3.46. The Hall–Kier alpha value is -1.78. The van der Waals surface area contributed by atoms with Gasteiger partial charge in [0.1, 0.15) is 6.42 Å². The Morgan fingerprint density at radius 3 is 2.62 bits per heavy atom. The lowest BCUT2D eigenvalue weighted by molar-refractivity contribution is -0.135. The van der Waals surface area contributed by atoms with Gasteiger partial charge in [-0.2, -0.15) is 4.39 Å². The molecule has 0 bridgehead atoms. The second-order valence-electron chi connectivity index (χ2n) is 2.36. The van der Waals surface area contributed by atoms with Crippen LogP contribution in [0.1, 0.15) is 16.8 Å². The van der Waals surface area contributed by atoms with Gasteiger partial charge in [-0.15, -0.1) is 0 Å². The fourth-order valence-corrected chi connectivity index (χ4v) is 0.780. The van der Waals surface area contributed by atoms with Crippen molar-refractivity contribution < 1.29 is 19.1 Å².